The summed E-state index contributed by atoms with van der Waals surface area (Å²) in [5.74, 6) is 0.443. The summed E-state index contributed by atoms with van der Waals surface area (Å²) in [7, 11) is 1.82. The van der Waals surface area contributed by atoms with Gasteiger partial charge >= 0.3 is 0 Å². The third-order valence-corrected chi connectivity index (χ3v) is 3.39. The van der Waals surface area contributed by atoms with Crippen LogP contribution in [0.3, 0.4) is 0 Å². The first-order chi connectivity index (χ1) is 7.41. The first kappa shape index (κ1) is 12.0. The Kier molecular flexibility index (Phi) is 3.08. The van der Waals surface area contributed by atoms with Crippen molar-refractivity contribution in [3.63, 3.8) is 0 Å². The van der Waals surface area contributed by atoms with Crippen molar-refractivity contribution < 1.29 is 9.57 Å². The van der Waals surface area contributed by atoms with Crippen molar-refractivity contribution in [1.29, 1.82) is 0 Å². The quantitative estimate of drug-likeness (QED) is 0.619. The van der Waals surface area contributed by atoms with E-state index in [1.165, 1.54) is 0 Å². The summed E-state index contributed by atoms with van der Waals surface area (Å²) in [5.41, 5.74) is 0.398. The summed E-state index contributed by atoms with van der Waals surface area (Å²) in [6.07, 6.45) is 0. The van der Waals surface area contributed by atoms with Crippen molar-refractivity contribution in [3.05, 3.63) is 9.26 Å². The smallest absolute Gasteiger partial charge is 0.263 e. The van der Waals surface area contributed by atoms with Crippen LogP contribution in [-0.4, -0.2) is 27.9 Å². The van der Waals surface area contributed by atoms with Gasteiger partial charge in [0.25, 0.3) is 5.90 Å². The molecule has 1 aromatic heterocycles. The van der Waals surface area contributed by atoms with Crippen LogP contribution in [0.4, 0.5) is 0 Å². The molecule has 0 aromatic carbocycles. The number of oxime groups is 1. The fourth-order valence-corrected chi connectivity index (χ4v) is 2.59. The lowest BCUT2D eigenvalue weighted by Gasteiger charge is -2.29. The zero-order valence-corrected chi connectivity index (χ0v) is 12.2. The van der Waals surface area contributed by atoms with E-state index in [1.54, 1.807) is 4.68 Å². The molecule has 0 saturated carbocycles. The number of ether oxygens (including phenoxy) is 1. The molecule has 1 aromatic rings. The van der Waals surface area contributed by atoms with Crippen molar-refractivity contribution in [2.75, 3.05) is 6.61 Å². The highest BCUT2D eigenvalue weighted by Gasteiger charge is 2.31. The summed E-state index contributed by atoms with van der Waals surface area (Å²) in [5, 5.41) is 8.87. The summed E-state index contributed by atoms with van der Waals surface area (Å²) >= 11 is 6.50. The molecule has 0 bridgehead atoms. The van der Waals surface area contributed by atoms with E-state index < -0.39 is 0 Å². The normalized spacial score (nSPS) is 18.7. The van der Waals surface area contributed by atoms with Crippen LogP contribution in [0.25, 0.3) is 0 Å². The van der Waals surface area contributed by atoms with E-state index in [1.807, 2.05) is 20.9 Å². The molecule has 0 aliphatic carbocycles. The van der Waals surface area contributed by atoms with E-state index >= 15 is 0 Å². The lowest BCUT2D eigenvalue weighted by Crippen LogP contribution is -2.37. The maximum absolute atomic E-state index is 5.75. The molecule has 5 nitrogen and oxygen atoms in total. The molecule has 0 radical (unpaired) electrons. The predicted molar refractivity (Wildman–Crippen MR) is 70.8 cm³/mol. The first-order valence-corrected chi connectivity index (χ1v) is 6.24. The SMILES string of the molecule is Cn1nc(I)c(C2=NOCC(C)(C)O2)c1S. The van der Waals surface area contributed by atoms with Crippen LogP contribution < -0.4 is 0 Å². The molecular weight excluding hydrogens is 341 g/mol. The van der Waals surface area contributed by atoms with E-state index in [4.69, 9.17) is 9.57 Å². The fourth-order valence-electron chi connectivity index (χ4n) is 1.32. The third-order valence-electron chi connectivity index (χ3n) is 2.12. The number of hydrogen-bond acceptors (Lipinski definition) is 5. The Morgan fingerprint density at radius 1 is 1.50 bits per heavy atom. The third kappa shape index (κ3) is 2.15. The Bertz CT molecular complexity index is 456. The van der Waals surface area contributed by atoms with Gasteiger partial charge < -0.3 is 9.57 Å². The van der Waals surface area contributed by atoms with Gasteiger partial charge in [-0.2, -0.15) is 5.10 Å². The van der Waals surface area contributed by atoms with E-state index in [0.29, 0.717) is 17.5 Å². The Labute approximate surface area is 113 Å². The van der Waals surface area contributed by atoms with Crippen LogP contribution in [0.1, 0.15) is 19.4 Å². The summed E-state index contributed by atoms with van der Waals surface area (Å²) in [6.45, 7) is 4.33. The van der Waals surface area contributed by atoms with Crippen molar-refractivity contribution in [1.82, 2.24) is 9.78 Å². The van der Waals surface area contributed by atoms with E-state index in [0.717, 1.165) is 9.26 Å². The largest absolute Gasteiger partial charge is 0.465 e. The van der Waals surface area contributed by atoms with Crippen molar-refractivity contribution in [2.24, 2.45) is 12.2 Å². The molecular formula is C9H12IN3O2S. The highest BCUT2D eigenvalue weighted by molar-refractivity contribution is 14.1. The summed E-state index contributed by atoms with van der Waals surface area (Å²) in [6, 6.07) is 0. The maximum atomic E-state index is 5.75. The van der Waals surface area contributed by atoms with Crippen LogP contribution in [0.2, 0.25) is 0 Å². The number of halogens is 1. The minimum atomic E-state index is -0.379. The van der Waals surface area contributed by atoms with Gasteiger partial charge in [0.1, 0.15) is 19.9 Å². The monoisotopic (exact) mass is 353 g/mol. The van der Waals surface area contributed by atoms with Crippen LogP contribution in [0, 0.1) is 3.70 Å². The lowest BCUT2D eigenvalue weighted by molar-refractivity contribution is -0.0428. The average molecular weight is 353 g/mol. The van der Waals surface area contributed by atoms with Gasteiger partial charge in [0.05, 0.1) is 0 Å². The molecule has 0 unspecified atom stereocenters. The first-order valence-electron chi connectivity index (χ1n) is 4.71. The molecule has 0 spiro atoms. The second kappa shape index (κ2) is 4.10. The Morgan fingerprint density at radius 2 is 2.19 bits per heavy atom. The number of hydrogen-bond donors (Lipinski definition) is 1. The van der Waals surface area contributed by atoms with E-state index in [2.05, 4.69) is 45.5 Å². The van der Waals surface area contributed by atoms with Crippen LogP contribution in [0.5, 0.6) is 0 Å². The van der Waals surface area contributed by atoms with Gasteiger partial charge in [0, 0.05) is 7.05 Å². The number of aryl methyl sites for hydroxylation is 1. The molecule has 0 fully saturated rings. The van der Waals surface area contributed by atoms with Gasteiger partial charge in [0.2, 0.25) is 0 Å². The molecule has 16 heavy (non-hydrogen) atoms. The Hall–Kier alpha value is -0.440. The standard InChI is InChI=1S/C9H12IN3O2S/c1-9(2)4-14-12-7(15-9)5-6(10)11-13(3)8(5)16/h16H,4H2,1-3H3. The zero-order chi connectivity index (χ0) is 11.9. The van der Waals surface area contributed by atoms with Gasteiger partial charge in [-0.15, -0.1) is 12.6 Å². The van der Waals surface area contributed by atoms with Gasteiger partial charge in [0.15, 0.2) is 6.61 Å². The number of thiol groups is 1. The molecule has 88 valence electrons. The minimum absolute atomic E-state index is 0.379. The highest BCUT2D eigenvalue weighted by atomic mass is 127. The molecule has 0 amide bonds. The molecule has 2 rings (SSSR count). The Balaban J connectivity index is 2.41. The van der Waals surface area contributed by atoms with Crippen molar-refractivity contribution in [3.8, 4) is 0 Å². The van der Waals surface area contributed by atoms with Crippen LogP contribution in [0.15, 0.2) is 10.2 Å². The molecule has 0 N–H and O–H groups in total. The second-order valence-corrected chi connectivity index (χ2v) is 5.59. The number of nitrogens with zero attached hydrogens (tertiary/aromatic N) is 3. The van der Waals surface area contributed by atoms with Gasteiger partial charge in [-0.3, -0.25) is 4.68 Å². The van der Waals surface area contributed by atoms with Gasteiger partial charge in [-0.25, -0.2) is 0 Å². The topological polar surface area (TPSA) is 48.6 Å². The lowest BCUT2D eigenvalue weighted by atomic mass is 10.1. The van der Waals surface area contributed by atoms with Crippen molar-refractivity contribution in [2.45, 2.75) is 24.5 Å². The number of aromatic nitrogens is 2. The van der Waals surface area contributed by atoms with Gasteiger partial charge in [-0.05, 0) is 41.6 Å². The summed E-state index contributed by atoms with van der Waals surface area (Å²) in [4.78, 5) is 5.16. The maximum Gasteiger partial charge on any atom is 0.263 e. The molecule has 0 saturated heterocycles. The highest BCUT2D eigenvalue weighted by Crippen LogP contribution is 2.25. The van der Waals surface area contributed by atoms with E-state index in [-0.39, 0.29) is 5.60 Å². The predicted octanol–water partition coefficient (Wildman–Crippen LogP) is 1.80. The van der Waals surface area contributed by atoms with Crippen LogP contribution >= 0.6 is 35.2 Å². The molecule has 0 atom stereocenters. The molecule has 1 aliphatic rings. The zero-order valence-electron chi connectivity index (χ0n) is 9.19. The second-order valence-electron chi connectivity index (χ2n) is 4.14. The fraction of sp³-hybridized carbons (Fsp3) is 0.556. The van der Waals surface area contributed by atoms with Crippen LogP contribution in [-0.2, 0) is 16.6 Å². The molecule has 7 heteroatoms. The average Bonchev–Trinajstić information content (AvgIpc) is 2.39. The van der Waals surface area contributed by atoms with Gasteiger partial charge in [-0.1, -0.05) is 0 Å². The molecule has 2 heterocycles. The number of rotatable bonds is 1. The molecule has 1 aliphatic heterocycles. The van der Waals surface area contributed by atoms with E-state index in [9.17, 15) is 0 Å². The minimum Gasteiger partial charge on any atom is -0.465 e. The summed E-state index contributed by atoms with van der Waals surface area (Å²) < 4.78 is 8.22. The van der Waals surface area contributed by atoms with Crippen molar-refractivity contribution >= 4 is 41.1 Å². The Morgan fingerprint density at radius 3 is 2.69 bits per heavy atom.